The number of nitrogens with zero attached hydrogens (tertiary/aromatic N) is 2. The molecule has 0 spiro atoms. The number of phenols is 1. The number of hydrogen-bond acceptors (Lipinski definition) is 4. The summed E-state index contributed by atoms with van der Waals surface area (Å²) in [7, 11) is 0. The number of aromatic hydroxyl groups is 1. The monoisotopic (exact) mass is 306 g/mol. The lowest BCUT2D eigenvalue weighted by Crippen LogP contribution is -1.99. The first-order valence-electron chi connectivity index (χ1n) is 7.96. The lowest BCUT2D eigenvalue weighted by atomic mass is 9.94. The molecule has 0 atom stereocenters. The van der Waals surface area contributed by atoms with Crippen molar-refractivity contribution >= 4 is 23.0 Å². The number of furan rings is 1. The lowest BCUT2D eigenvalue weighted by molar-refractivity contribution is 0.474. The number of pyridine rings is 1. The van der Waals surface area contributed by atoms with Crippen LogP contribution in [0.1, 0.15) is 35.4 Å². The molecule has 4 heteroatoms. The summed E-state index contributed by atoms with van der Waals surface area (Å²) >= 11 is 0. The Hall–Kier alpha value is -2.62. The maximum atomic E-state index is 10.3. The van der Waals surface area contributed by atoms with Crippen molar-refractivity contribution in [1.82, 2.24) is 4.98 Å². The van der Waals surface area contributed by atoms with E-state index < -0.39 is 0 Å². The number of aromatic nitrogens is 1. The fourth-order valence-corrected chi connectivity index (χ4v) is 3.23. The molecule has 0 saturated carbocycles. The van der Waals surface area contributed by atoms with Gasteiger partial charge in [-0.3, -0.25) is 0 Å². The summed E-state index contributed by atoms with van der Waals surface area (Å²) in [4.78, 5) is 8.81. The second-order valence-electron chi connectivity index (χ2n) is 5.98. The van der Waals surface area contributed by atoms with Crippen molar-refractivity contribution in [2.24, 2.45) is 4.99 Å². The van der Waals surface area contributed by atoms with E-state index in [1.165, 1.54) is 5.56 Å². The minimum Gasteiger partial charge on any atom is -0.507 e. The summed E-state index contributed by atoms with van der Waals surface area (Å²) in [5.74, 6) is 1.92. The number of phenolic OH excluding ortho intramolecular Hbond substituents is 1. The average Bonchev–Trinajstić information content (AvgIpc) is 2.93. The predicted octanol–water partition coefficient (Wildman–Crippen LogP) is 4.47. The summed E-state index contributed by atoms with van der Waals surface area (Å²) in [5.41, 5.74) is 3.69. The van der Waals surface area contributed by atoms with Gasteiger partial charge >= 0.3 is 0 Å². The highest BCUT2D eigenvalue weighted by Gasteiger charge is 2.21. The first-order chi connectivity index (χ1) is 11.2. The van der Waals surface area contributed by atoms with Crippen molar-refractivity contribution in [2.45, 2.75) is 32.6 Å². The number of aliphatic imine (C=N–C) groups is 1. The molecule has 0 aliphatic heterocycles. The summed E-state index contributed by atoms with van der Waals surface area (Å²) in [6, 6.07) is 9.22. The Morgan fingerprint density at radius 2 is 2.04 bits per heavy atom. The van der Waals surface area contributed by atoms with Crippen LogP contribution in [-0.2, 0) is 12.8 Å². The van der Waals surface area contributed by atoms with Crippen molar-refractivity contribution in [3.05, 3.63) is 52.9 Å². The molecular weight excluding hydrogens is 288 g/mol. The Morgan fingerprint density at radius 3 is 2.91 bits per heavy atom. The highest BCUT2D eigenvalue weighted by molar-refractivity contribution is 6.03. The van der Waals surface area contributed by atoms with Crippen LogP contribution in [0.25, 0.3) is 11.0 Å². The SMILES string of the molecule is Cc1cccc(N=Cc2c(O)ccc3oc4c(c23)CCCC4)n1. The summed E-state index contributed by atoms with van der Waals surface area (Å²) in [6.07, 6.45) is 5.99. The first-order valence-corrected chi connectivity index (χ1v) is 7.96. The molecule has 1 aromatic carbocycles. The molecule has 2 aromatic heterocycles. The van der Waals surface area contributed by atoms with Crippen LogP contribution >= 0.6 is 0 Å². The lowest BCUT2D eigenvalue weighted by Gasteiger charge is -2.09. The molecule has 116 valence electrons. The van der Waals surface area contributed by atoms with Crippen molar-refractivity contribution in [3.8, 4) is 5.75 Å². The zero-order valence-electron chi connectivity index (χ0n) is 13.0. The minimum atomic E-state index is 0.225. The number of rotatable bonds is 2. The van der Waals surface area contributed by atoms with Gasteiger partial charge in [0.25, 0.3) is 0 Å². The van der Waals surface area contributed by atoms with Gasteiger partial charge in [-0.2, -0.15) is 0 Å². The van der Waals surface area contributed by atoms with Gasteiger partial charge in [-0.25, -0.2) is 9.98 Å². The third kappa shape index (κ3) is 2.50. The summed E-state index contributed by atoms with van der Waals surface area (Å²) in [5, 5.41) is 11.3. The van der Waals surface area contributed by atoms with Gasteiger partial charge in [0.15, 0.2) is 5.82 Å². The summed E-state index contributed by atoms with van der Waals surface area (Å²) < 4.78 is 5.97. The van der Waals surface area contributed by atoms with Crippen molar-refractivity contribution in [2.75, 3.05) is 0 Å². The molecule has 4 rings (SSSR count). The molecule has 0 unspecified atom stereocenters. The van der Waals surface area contributed by atoms with E-state index in [1.807, 2.05) is 31.2 Å². The van der Waals surface area contributed by atoms with Crippen molar-refractivity contribution in [1.29, 1.82) is 0 Å². The molecule has 0 radical (unpaired) electrons. The fourth-order valence-electron chi connectivity index (χ4n) is 3.23. The fraction of sp³-hybridized carbons (Fsp3) is 0.263. The highest BCUT2D eigenvalue weighted by Crippen LogP contribution is 2.36. The maximum Gasteiger partial charge on any atom is 0.152 e. The summed E-state index contributed by atoms with van der Waals surface area (Å²) in [6.45, 7) is 1.93. The van der Waals surface area contributed by atoms with E-state index >= 15 is 0 Å². The Labute approximate surface area is 134 Å². The Morgan fingerprint density at radius 1 is 1.17 bits per heavy atom. The van der Waals surface area contributed by atoms with E-state index in [-0.39, 0.29) is 5.75 Å². The molecule has 1 N–H and O–H groups in total. The van der Waals surface area contributed by atoms with Crippen LogP contribution in [0.2, 0.25) is 0 Å². The molecule has 0 fully saturated rings. The quantitative estimate of drug-likeness (QED) is 0.711. The van der Waals surface area contributed by atoms with Crippen LogP contribution in [0.5, 0.6) is 5.75 Å². The average molecular weight is 306 g/mol. The molecule has 3 aromatic rings. The smallest absolute Gasteiger partial charge is 0.152 e. The Kier molecular flexibility index (Phi) is 3.37. The van der Waals surface area contributed by atoms with Gasteiger partial charge < -0.3 is 9.52 Å². The predicted molar refractivity (Wildman–Crippen MR) is 90.7 cm³/mol. The van der Waals surface area contributed by atoms with E-state index in [0.29, 0.717) is 5.82 Å². The van der Waals surface area contributed by atoms with Crippen LogP contribution in [0.3, 0.4) is 0 Å². The van der Waals surface area contributed by atoms with Gasteiger partial charge in [-0.15, -0.1) is 0 Å². The van der Waals surface area contributed by atoms with Crippen LogP contribution in [0.4, 0.5) is 5.82 Å². The van der Waals surface area contributed by atoms with Crippen LogP contribution in [-0.4, -0.2) is 16.3 Å². The molecule has 2 heterocycles. The third-order valence-corrected chi connectivity index (χ3v) is 4.34. The minimum absolute atomic E-state index is 0.225. The highest BCUT2D eigenvalue weighted by atomic mass is 16.3. The first kappa shape index (κ1) is 14.0. The second-order valence-corrected chi connectivity index (χ2v) is 5.98. The van der Waals surface area contributed by atoms with Crippen LogP contribution in [0, 0.1) is 6.92 Å². The Balaban J connectivity index is 1.85. The third-order valence-electron chi connectivity index (χ3n) is 4.34. The van der Waals surface area contributed by atoms with E-state index in [4.69, 9.17) is 4.42 Å². The molecule has 1 aliphatic rings. The standard InChI is InChI=1S/C19H18N2O2/c1-12-5-4-8-18(21-12)20-11-14-15(22)9-10-17-19(14)13-6-2-3-7-16(13)23-17/h4-5,8-11,22H,2-3,6-7H2,1H3. The largest absolute Gasteiger partial charge is 0.507 e. The van der Waals surface area contributed by atoms with Gasteiger partial charge in [0.05, 0.1) is 0 Å². The van der Waals surface area contributed by atoms with Gasteiger partial charge in [0.2, 0.25) is 0 Å². The topological polar surface area (TPSA) is 58.6 Å². The zero-order chi connectivity index (χ0) is 15.8. The molecule has 4 nitrogen and oxygen atoms in total. The maximum absolute atomic E-state index is 10.3. The molecular formula is C19H18N2O2. The molecule has 0 amide bonds. The zero-order valence-corrected chi connectivity index (χ0v) is 13.0. The van der Waals surface area contributed by atoms with E-state index in [1.54, 1.807) is 12.3 Å². The van der Waals surface area contributed by atoms with Gasteiger partial charge in [-0.05, 0) is 50.5 Å². The number of benzene rings is 1. The van der Waals surface area contributed by atoms with Crippen molar-refractivity contribution < 1.29 is 9.52 Å². The second kappa shape index (κ2) is 5.54. The van der Waals surface area contributed by atoms with Crippen molar-refractivity contribution in [3.63, 3.8) is 0 Å². The van der Waals surface area contributed by atoms with E-state index in [0.717, 1.165) is 53.7 Å². The number of fused-ring (bicyclic) bond motifs is 3. The van der Waals surface area contributed by atoms with Gasteiger partial charge in [-0.1, -0.05) is 6.07 Å². The van der Waals surface area contributed by atoms with Gasteiger partial charge in [0.1, 0.15) is 17.1 Å². The normalized spacial score (nSPS) is 14.5. The van der Waals surface area contributed by atoms with E-state index in [9.17, 15) is 5.11 Å². The number of hydrogen-bond donors (Lipinski definition) is 1. The van der Waals surface area contributed by atoms with Gasteiger partial charge in [0, 0.05) is 34.8 Å². The number of aryl methyl sites for hydroxylation is 3. The molecule has 1 aliphatic carbocycles. The van der Waals surface area contributed by atoms with Crippen LogP contribution in [0.15, 0.2) is 39.7 Å². The van der Waals surface area contributed by atoms with Crippen LogP contribution < -0.4 is 0 Å². The van der Waals surface area contributed by atoms with E-state index in [2.05, 4.69) is 9.98 Å². The molecule has 0 bridgehead atoms. The molecule has 23 heavy (non-hydrogen) atoms. The molecule has 0 saturated heterocycles. The Bertz CT molecular complexity index is 909.